The van der Waals surface area contributed by atoms with Gasteiger partial charge in [0.25, 0.3) is 0 Å². The molecular formula is C20H24FNO. The molecule has 0 spiro atoms. The van der Waals surface area contributed by atoms with Crippen molar-refractivity contribution in [1.29, 1.82) is 0 Å². The third kappa shape index (κ3) is 9.04. The maximum absolute atomic E-state index is 12.7. The van der Waals surface area contributed by atoms with Crippen LogP contribution in [0, 0.1) is 0 Å². The topological polar surface area (TPSA) is 21.6 Å². The van der Waals surface area contributed by atoms with E-state index in [4.69, 9.17) is 4.74 Å². The second-order valence-corrected chi connectivity index (χ2v) is 4.53. The van der Waals surface area contributed by atoms with Crippen LogP contribution in [0.15, 0.2) is 102 Å². The quantitative estimate of drug-likeness (QED) is 0.285. The van der Waals surface area contributed by atoms with Crippen molar-refractivity contribution in [3.63, 3.8) is 0 Å². The van der Waals surface area contributed by atoms with Crippen LogP contribution in [0.25, 0.3) is 0 Å². The molecule has 23 heavy (non-hydrogen) atoms. The number of aliphatic imine (C=N–C) groups is 1. The van der Waals surface area contributed by atoms with Gasteiger partial charge in [0.15, 0.2) is 0 Å². The van der Waals surface area contributed by atoms with Crippen molar-refractivity contribution in [2.24, 2.45) is 4.99 Å². The lowest BCUT2D eigenvalue weighted by molar-refractivity contribution is 0.334. The Morgan fingerprint density at radius 1 is 0.957 bits per heavy atom. The summed E-state index contributed by atoms with van der Waals surface area (Å²) in [6, 6.07) is 0. The fourth-order valence-electron chi connectivity index (χ4n) is 1.30. The molecule has 0 atom stereocenters. The fraction of sp³-hybridized carbons (Fsp3) is 0.150. The van der Waals surface area contributed by atoms with Crippen LogP contribution in [0.5, 0.6) is 0 Å². The predicted molar refractivity (Wildman–Crippen MR) is 98.7 cm³/mol. The van der Waals surface area contributed by atoms with Gasteiger partial charge in [0.05, 0.1) is 5.70 Å². The van der Waals surface area contributed by atoms with Crippen LogP contribution in [-0.2, 0) is 4.74 Å². The van der Waals surface area contributed by atoms with Gasteiger partial charge < -0.3 is 4.74 Å². The van der Waals surface area contributed by atoms with Gasteiger partial charge in [-0.3, -0.25) is 4.99 Å². The van der Waals surface area contributed by atoms with E-state index in [0.29, 0.717) is 22.8 Å². The van der Waals surface area contributed by atoms with Crippen LogP contribution in [0.3, 0.4) is 0 Å². The lowest BCUT2D eigenvalue weighted by atomic mass is 10.2. The molecule has 0 aromatic carbocycles. The Morgan fingerprint density at radius 3 is 1.91 bits per heavy atom. The molecule has 0 aliphatic rings. The van der Waals surface area contributed by atoms with Gasteiger partial charge in [-0.05, 0) is 68.9 Å². The maximum Gasteiger partial charge on any atom is 0.123 e. The summed E-state index contributed by atoms with van der Waals surface area (Å²) in [7, 11) is 0. The summed E-state index contributed by atoms with van der Waals surface area (Å²) < 4.78 is 18.3. The molecule has 0 heterocycles. The third-order valence-corrected chi connectivity index (χ3v) is 2.66. The first-order chi connectivity index (χ1) is 10.8. The maximum atomic E-state index is 12.7. The zero-order valence-corrected chi connectivity index (χ0v) is 14.1. The van der Waals surface area contributed by atoms with E-state index in [1.807, 2.05) is 13.8 Å². The molecule has 3 heteroatoms. The highest BCUT2D eigenvalue weighted by atomic mass is 19.1. The van der Waals surface area contributed by atoms with Crippen molar-refractivity contribution in [2.75, 3.05) is 0 Å². The molecule has 0 radical (unpaired) electrons. The van der Waals surface area contributed by atoms with Gasteiger partial charge in [0.2, 0.25) is 0 Å². The van der Waals surface area contributed by atoms with Gasteiger partial charge >= 0.3 is 0 Å². The molecule has 0 saturated heterocycles. The van der Waals surface area contributed by atoms with Crippen LogP contribution in [0.1, 0.15) is 20.8 Å². The lowest BCUT2D eigenvalue weighted by Gasteiger charge is -2.07. The molecule has 0 aliphatic carbocycles. The van der Waals surface area contributed by atoms with E-state index in [-0.39, 0.29) is 0 Å². The Labute approximate surface area is 138 Å². The summed E-state index contributed by atoms with van der Waals surface area (Å²) >= 11 is 0. The van der Waals surface area contributed by atoms with Crippen molar-refractivity contribution >= 4 is 5.71 Å². The Hall–Kier alpha value is -2.68. The number of allylic oxidation sites excluding steroid dienone is 8. The van der Waals surface area contributed by atoms with Gasteiger partial charge in [0, 0.05) is 5.71 Å². The SMILES string of the molecule is C=CC(C)=NC(=C)C(=C)/C=C\C(=C/C)OC(/C=C\C(=C)F)=C/C. The average molecular weight is 313 g/mol. The normalized spacial score (nSPS) is 13.5. The zero-order chi connectivity index (χ0) is 17.8. The van der Waals surface area contributed by atoms with Crippen molar-refractivity contribution < 1.29 is 9.13 Å². The van der Waals surface area contributed by atoms with Crippen molar-refractivity contribution in [3.05, 3.63) is 97.5 Å². The van der Waals surface area contributed by atoms with Gasteiger partial charge in [0.1, 0.15) is 17.3 Å². The molecule has 122 valence electrons. The minimum absolute atomic E-state index is 0.506. The van der Waals surface area contributed by atoms with Crippen molar-refractivity contribution in [1.82, 2.24) is 0 Å². The van der Waals surface area contributed by atoms with Gasteiger partial charge in [-0.1, -0.05) is 26.3 Å². The summed E-state index contributed by atoms with van der Waals surface area (Å²) in [4.78, 5) is 4.24. The van der Waals surface area contributed by atoms with E-state index in [2.05, 4.69) is 31.3 Å². The van der Waals surface area contributed by atoms with E-state index in [1.54, 1.807) is 37.3 Å². The molecule has 0 rings (SSSR count). The van der Waals surface area contributed by atoms with Crippen LogP contribution in [-0.4, -0.2) is 5.71 Å². The van der Waals surface area contributed by atoms with Crippen LogP contribution in [0.4, 0.5) is 4.39 Å². The molecule has 0 amide bonds. The molecule has 0 N–H and O–H groups in total. The summed E-state index contributed by atoms with van der Waals surface area (Å²) in [6.45, 7) is 20.0. The zero-order valence-electron chi connectivity index (χ0n) is 14.1. The highest BCUT2D eigenvalue weighted by Gasteiger charge is 1.99. The molecule has 0 unspecified atom stereocenters. The Bertz CT molecular complexity index is 628. The molecule has 2 nitrogen and oxygen atoms in total. The fourth-order valence-corrected chi connectivity index (χ4v) is 1.30. The lowest BCUT2D eigenvalue weighted by Crippen LogP contribution is -1.90. The minimum atomic E-state index is -0.536. The second kappa shape index (κ2) is 11.0. The van der Waals surface area contributed by atoms with E-state index < -0.39 is 5.83 Å². The van der Waals surface area contributed by atoms with E-state index in [0.717, 1.165) is 5.71 Å². The van der Waals surface area contributed by atoms with Gasteiger partial charge in [-0.2, -0.15) is 0 Å². The number of hydrogen-bond donors (Lipinski definition) is 0. The third-order valence-electron chi connectivity index (χ3n) is 2.66. The molecule has 0 aromatic heterocycles. The standard InChI is InChI=1S/C20H24FNO/c1-8-17(6)22-18(7)15(4)11-13-19(9-2)23-20(10-3)14-12-16(5)21/h8-14H,1,4-5,7H2,2-3,6H3/b13-11-,14-12-,19-9+,20-10+,22-17?. The minimum Gasteiger partial charge on any atom is -0.458 e. The molecule has 0 aromatic rings. The Morgan fingerprint density at radius 2 is 1.48 bits per heavy atom. The summed E-state index contributed by atoms with van der Waals surface area (Å²) in [5, 5.41) is 0. The summed E-state index contributed by atoms with van der Waals surface area (Å²) in [5.74, 6) is 0.558. The molecule has 0 fully saturated rings. The average Bonchev–Trinajstić information content (AvgIpc) is 2.53. The van der Waals surface area contributed by atoms with Crippen LogP contribution >= 0.6 is 0 Å². The van der Waals surface area contributed by atoms with Crippen molar-refractivity contribution in [2.45, 2.75) is 20.8 Å². The van der Waals surface area contributed by atoms with E-state index in [9.17, 15) is 4.39 Å². The number of ether oxygens (including phenoxy) is 1. The molecule has 0 aliphatic heterocycles. The van der Waals surface area contributed by atoms with Crippen molar-refractivity contribution in [3.8, 4) is 0 Å². The number of hydrogen-bond acceptors (Lipinski definition) is 2. The highest BCUT2D eigenvalue weighted by Crippen LogP contribution is 2.14. The Balaban J connectivity index is 4.96. The van der Waals surface area contributed by atoms with E-state index in [1.165, 1.54) is 12.2 Å². The molecule has 0 bridgehead atoms. The number of rotatable bonds is 9. The predicted octanol–water partition coefficient (Wildman–Crippen LogP) is 6.12. The number of halogens is 1. The first-order valence-electron chi connectivity index (χ1n) is 7.11. The van der Waals surface area contributed by atoms with E-state index >= 15 is 0 Å². The number of nitrogens with zero attached hydrogens (tertiary/aromatic N) is 1. The smallest absolute Gasteiger partial charge is 0.123 e. The van der Waals surface area contributed by atoms with Crippen LogP contribution in [0.2, 0.25) is 0 Å². The monoisotopic (exact) mass is 313 g/mol. The van der Waals surface area contributed by atoms with Gasteiger partial charge in [-0.25, -0.2) is 4.39 Å². The summed E-state index contributed by atoms with van der Waals surface area (Å²) in [5.41, 5.74) is 1.97. The van der Waals surface area contributed by atoms with Crippen LogP contribution < -0.4 is 0 Å². The Kier molecular flexibility index (Phi) is 9.69. The molecular weight excluding hydrogens is 289 g/mol. The highest BCUT2D eigenvalue weighted by molar-refractivity contribution is 5.93. The summed E-state index contributed by atoms with van der Waals surface area (Å²) in [6.07, 6.45) is 11.4. The first kappa shape index (κ1) is 20.3. The molecule has 0 saturated carbocycles. The van der Waals surface area contributed by atoms with Gasteiger partial charge in [-0.15, -0.1) is 0 Å². The first-order valence-corrected chi connectivity index (χ1v) is 7.11. The second-order valence-electron chi connectivity index (χ2n) is 4.53. The largest absolute Gasteiger partial charge is 0.458 e.